The molecular formula is C11H13B2N2O5S2. The van der Waals surface area contributed by atoms with Gasteiger partial charge < -0.3 is 14.0 Å². The normalized spacial score (nSPS) is 12.8. The summed E-state index contributed by atoms with van der Waals surface area (Å²) in [7, 11) is 5.32. The number of hydrogen-bond donors (Lipinski definition) is 2. The monoisotopic (exact) mass is 339 g/mol. The molecule has 2 unspecified atom stereocenters. The van der Waals surface area contributed by atoms with Gasteiger partial charge in [-0.05, 0) is 5.56 Å². The molecule has 1 amide bonds. The summed E-state index contributed by atoms with van der Waals surface area (Å²) in [5.41, 5.74) is 0.819. The number of rotatable bonds is 10. The first kappa shape index (κ1) is 18.8. The summed E-state index contributed by atoms with van der Waals surface area (Å²) < 4.78 is 23.1. The van der Waals surface area contributed by atoms with Crippen molar-refractivity contribution in [2.75, 3.05) is 5.75 Å². The molecule has 0 fully saturated rings. The standard InChI is InChI=1S/C11H13B2N2O5S2/c12-21-7-10(15-13-22(18)14-8-16)20-11(17)19-6-9-4-2-1-3-5-9/h1-5,8,10,15H,6-7H2,(H,14,16). The fourth-order valence-corrected chi connectivity index (χ4v) is 2.07. The third kappa shape index (κ3) is 8.23. The van der Waals surface area contributed by atoms with E-state index in [0.717, 1.165) is 23.9 Å². The Labute approximate surface area is 137 Å². The van der Waals surface area contributed by atoms with Crippen molar-refractivity contribution in [1.29, 1.82) is 0 Å². The van der Waals surface area contributed by atoms with Gasteiger partial charge in [0, 0.05) is 17.0 Å². The maximum Gasteiger partial charge on any atom is 0.578 e. The van der Waals surface area contributed by atoms with Crippen LogP contribution in [-0.2, 0) is 32.1 Å². The quantitative estimate of drug-likeness (QED) is 0.204. The van der Waals surface area contributed by atoms with E-state index in [0.29, 0.717) is 0 Å². The zero-order valence-electron chi connectivity index (χ0n) is 11.5. The van der Waals surface area contributed by atoms with Crippen LogP contribution in [0.3, 0.4) is 0 Å². The van der Waals surface area contributed by atoms with Gasteiger partial charge in [0.05, 0.1) is 0 Å². The number of carbonyl (C=O) groups excluding carboxylic acids is 2. The second kappa shape index (κ2) is 11.3. The van der Waals surface area contributed by atoms with Crippen LogP contribution in [0.25, 0.3) is 0 Å². The van der Waals surface area contributed by atoms with Gasteiger partial charge in [0.15, 0.2) is 13.4 Å². The van der Waals surface area contributed by atoms with E-state index in [-0.39, 0.29) is 18.8 Å². The van der Waals surface area contributed by atoms with Crippen LogP contribution in [0, 0.1) is 0 Å². The lowest BCUT2D eigenvalue weighted by Gasteiger charge is -2.17. The number of hydrogen-bond acceptors (Lipinski definition) is 7. The van der Waals surface area contributed by atoms with Crippen LogP contribution in [0.2, 0.25) is 0 Å². The minimum Gasteiger partial charge on any atom is -0.611 e. The van der Waals surface area contributed by atoms with Crippen LogP contribution in [0.15, 0.2) is 30.3 Å². The SMILES string of the molecule is [B]SCC(N[B][S+]([O-])NC=O)OC(=O)OCc1ccccc1. The summed E-state index contributed by atoms with van der Waals surface area (Å²) >= 11 is -0.802. The van der Waals surface area contributed by atoms with E-state index in [9.17, 15) is 14.1 Å². The highest BCUT2D eigenvalue weighted by Gasteiger charge is 2.21. The highest BCUT2D eigenvalue weighted by Crippen LogP contribution is 2.04. The molecule has 2 N–H and O–H groups in total. The van der Waals surface area contributed by atoms with E-state index >= 15 is 0 Å². The molecule has 0 heterocycles. The van der Waals surface area contributed by atoms with Crippen molar-refractivity contribution in [3.63, 3.8) is 0 Å². The topological polar surface area (TPSA) is 99.7 Å². The molecule has 0 saturated heterocycles. The number of carbonyl (C=O) groups is 2. The Kier molecular flexibility index (Phi) is 9.64. The van der Waals surface area contributed by atoms with Crippen molar-refractivity contribution in [2.45, 2.75) is 12.8 Å². The molecule has 1 rings (SSSR count). The van der Waals surface area contributed by atoms with E-state index in [1.54, 1.807) is 12.1 Å². The van der Waals surface area contributed by atoms with E-state index in [1.165, 1.54) is 0 Å². The molecule has 22 heavy (non-hydrogen) atoms. The Morgan fingerprint density at radius 1 is 1.50 bits per heavy atom. The third-order valence-electron chi connectivity index (χ3n) is 2.21. The van der Waals surface area contributed by atoms with E-state index in [2.05, 4.69) is 5.23 Å². The molecule has 0 aromatic heterocycles. The van der Waals surface area contributed by atoms with Crippen LogP contribution in [0.1, 0.15) is 5.56 Å². The average molecular weight is 339 g/mol. The molecule has 0 aliphatic rings. The molecule has 1 aromatic carbocycles. The molecule has 3 radical (unpaired) electrons. The second-order valence-corrected chi connectivity index (χ2v) is 5.51. The Morgan fingerprint density at radius 3 is 2.86 bits per heavy atom. The van der Waals surface area contributed by atoms with Crippen molar-refractivity contribution < 1.29 is 23.6 Å². The maximum atomic E-state index is 11.6. The minimum atomic E-state index is -1.73. The summed E-state index contributed by atoms with van der Waals surface area (Å²) in [4.78, 5) is 21.7. The molecule has 7 nitrogen and oxygen atoms in total. The first-order valence-corrected chi connectivity index (χ1v) is 8.30. The molecule has 1 aromatic rings. The molecule has 0 aliphatic carbocycles. The van der Waals surface area contributed by atoms with E-state index in [4.69, 9.17) is 16.6 Å². The van der Waals surface area contributed by atoms with E-state index < -0.39 is 23.6 Å². The lowest BCUT2D eigenvalue weighted by Crippen LogP contribution is -2.44. The zero-order chi connectivity index (χ0) is 16.2. The van der Waals surface area contributed by atoms with Gasteiger partial charge >= 0.3 is 12.8 Å². The molecule has 115 valence electrons. The number of nitrogens with one attached hydrogen (secondary N) is 2. The van der Waals surface area contributed by atoms with Crippen LogP contribution in [0.4, 0.5) is 4.79 Å². The molecule has 0 bridgehead atoms. The van der Waals surface area contributed by atoms with Crippen LogP contribution < -0.4 is 9.95 Å². The smallest absolute Gasteiger partial charge is 0.578 e. The Bertz CT molecular complexity index is 457. The highest BCUT2D eigenvalue weighted by molar-refractivity contribution is 8.19. The third-order valence-corrected chi connectivity index (χ3v) is 3.38. The fourth-order valence-electron chi connectivity index (χ4n) is 1.29. The first-order chi connectivity index (χ1) is 10.7. The Hall–Kier alpha value is -1.29. The van der Waals surface area contributed by atoms with Crippen molar-refractivity contribution in [2.24, 2.45) is 0 Å². The molecule has 11 heteroatoms. The lowest BCUT2D eigenvalue weighted by molar-refractivity contribution is -0.108. The summed E-state index contributed by atoms with van der Waals surface area (Å²) in [6.45, 7) is 1.14. The van der Waals surface area contributed by atoms with E-state index in [1.807, 2.05) is 22.9 Å². The second-order valence-electron chi connectivity index (χ2n) is 3.78. The Morgan fingerprint density at radius 2 is 2.23 bits per heavy atom. The van der Waals surface area contributed by atoms with Crippen molar-refractivity contribution in [1.82, 2.24) is 9.95 Å². The number of ether oxygens (including phenoxy) is 2. The summed E-state index contributed by atoms with van der Waals surface area (Å²) in [5.74, 6) is 0.204. The number of amides is 1. The predicted octanol–water partition coefficient (Wildman–Crippen LogP) is 0.0161. The van der Waals surface area contributed by atoms with Gasteiger partial charge in [0.25, 0.3) is 0 Å². The highest BCUT2D eigenvalue weighted by atomic mass is 32.2. The summed E-state index contributed by atoms with van der Waals surface area (Å²) in [6.07, 6.45) is -1.44. The minimum absolute atomic E-state index is 0.0739. The van der Waals surface area contributed by atoms with Crippen molar-refractivity contribution in [3.05, 3.63) is 35.9 Å². The van der Waals surface area contributed by atoms with Gasteiger partial charge in [-0.1, -0.05) is 30.3 Å². The van der Waals surface area contributed by atoms with Crippen LogP contribution in [-0.4, -0.2) is 42.9 Å². The van der Waals surface area contributed by atoms with Crippen LogP contribution >= 0.6 is 11.6 Å². The fraction of sp³-hybridized carbons (Fsp3) is 0.273. The first-order valence-electron chi connectivity index (χ1n) is 6.04. The van der Waals surface area contributed by atoms with Gasteiger partial charge in [0.2, 0.25) is 6.41 Å². The molecule has 0 aliphatic heterocycles. The largest absolute Gasteiger partial charge is 0.611 e. The Balaban J connectivity index is 2.34. The molecule has 0 spiro atoms. The molecule has 0 saturated carbocycles. The average Bonchev–Trinajstić information content (AvgIpc) is 2.52. The van der Waals surface area contributed by atoms with Crippen molar-refractivity contribution in [3.8, 4) is 0 Å². The summed E-state index contributed by atoms with van der Waals surface area (Å²) in [6, 6.07) is 9.11. The van der Waals surface area contributed by atoms with Gasteiger partial charge in [0.1, 0.15) is 6.61 Å². The number of benzene rings is 1. The van der Waals surface area contributed by atoms with Gasteiger partial charge in [-0.2, -0.15) is 4.72 Å². The molecule has 2 atom stereocenters. The maximum absolute atomic E-state index is 11.6. The molecular weight excluding hydrogens is 326 g/mol. The summed E-state index contributed by atoms with van der Waals surface area (Å²) in [5, 5.41) is 2.56. The lowest BCUT2D eigenvalue weighted by atomic mass is 10.2. The van der Waals surface area contributed by atoms with Gasteiger partial charge in [-0.15, -0.1) is 0 Å². The zero-order valence-corrected chi connectivity index (χ0v) is 13.1. The van der Waals surface area contributed by atoms with Crippen LogP contribution in [0.5, 0.6) is 0 Å². The van der Waals surface area contributed by atoms with Gasteiger partial charge in [-0.25, -0.2) is 16.4 Å². The van der Waals surface area contributed by atoms with Gasteiger partial charge in [-0.3, -0.25) is 10.0 Å². The predicted molar refractivity (Wildman–Crippen MR) is 85.9 cm³/mol. The van der Waals surface area contributed by atoms with Crippen molar-refractivity contribution >= 4 is 49.2 Å².